The smallest absolute Gasteiger partial charge is 0.0909 e. The van der Waals surface area contributed by atoms with Crippen LogP contribution in [0.1, 0.15) is 74.9 Å². The maximum atomic E-state index is 6.87. The number of benzene rings is 2. The van der Waals surface area contributed by atoms with E-state index < -0.39 is 4.33 Å². The molecule has 0 fully saturated rings. The maximum absolute atomic E-state index is 6.87. The molecule has 0 saturated heterocycles. The molecule has 3 heteroatoms. The molecule has 26 heavy (non-hydrogen) atoms. The van der Waals surface area contributed by atoms with E-state index in [1.54, 1.807) is 0 Å². The van der Waals surface area contributed by atoms with Gasteiger partial charge in [0.05, 0.1) is 0 Å². The van der Waals surface area contributed by atoms with E-state index in [1.807, 2.05) is 0 Å². The van der Waals surface area contributed by atoms with Gasteiger partial charge in [0.1, 0.15) is 0 Å². The van der Waals surface area contributed by atoms with Crippen LogP contribution in [0, 0.1) is 13.8 Å². The Hall–Kier alpha value is -0.0969. The first-order chi connectivity index (χ1) is 11.2. The number of fused-ring (bicyclic) bond motifs is 3. The first-order valence-electron chi connectivity index (χ1n) is 8.94. The fourth-order valence-electron chi connectivity index (χ4n) is 4.14. The molecule has 0 radical (unpaired) electrons. The van der Waals surface area contributed by atoms with E-state index in [1.165, 1.54) is 33.4 Å². The average molecular weight is 467 g/mol. The van der Waals surface area contributed by atoms with Crippen molar-refractivity contribution in [2.24, 2.45) is 0 Å². The molecule has 2 aromatic carbocycles. The van der Waals surface area contributed by atoms with Gasteiger partial charge in [-0.05, 0) is 70.2 Å². The minimum atomic E-state index is -0.979. The molecular weight excluding hydrogens is 438 g/mol. The standard InChI is InChI=1S/C23H28Cl2.Zr/c1-13-9-19-15(11-17(13)21(3,4)5)16-12-18(22(6,7)8)14(2)10-20(16)23(19,24)25;/h9-12H,1-8H3;. The van der Waals surface area contributed by atoms with E-state index in [9.17, 15) is 0 Å². The number of aryl methyl sites for hydroxylation is 2. The number of alkyl halides is 2. The molecule has 0 saturated carbocycles. The number of halogens is 2. The van der Waals surface area contributed by atoms with Gasteiger partial charge in [0.25, 0.3) is 0 Å². The van der Waals surface area contributed by atoms with Crippen molar-refractivity contribution < 1.29 is 26.2 Å². The second kappa shape index (κ2) is 6.75. The van der Waals surface area contributed by atoms with Gasteiger partial charge >= 0.3 is 0 Å². The van der Waals surface area contributed by atoms with Gasteiger partial charge in [-0.1, -0.05) is 76.9 Å². The number of hydrogen-bond acceptors (Lipinski definition) is 0. The monoisotopic (exact) mass is 464 g/mol. The van der Waals surface area contributed by atoms with E-state index in [4.69, 9.17) is 23.2 Å². The Balaban J connectivity index is 0.00000243. The van der Waals surface area contributed by atoms with Gasteiger partial charge in [0, 0.05) is 37.3 Å². The summed E-state index contributed by atoms with van der Waals surface area (Å²) in [5, 5.41) is 0. The molecule has 2 aromatic rings. The molecule has 0 nitrogen and oxygen atoms in total. The first-order valence-corrected chi connectivity index (χ1v) is 9.69. The van der Waals surface area contributed by atoms with E-state index in [-0.39, 0.29) is 37.0 Å². The zero-order valence-electron chi connectivity index (χ0n) is 17.1. The number of hydrogen-bond donors (Lipinski definition) is 0. The molecule has 138 valence electrons. The summed E-state index contributed by atoms with van der Waals surface area (Å²) in [6.45, 7) is 17.8. The van der Waals surface area contributed by atoms with Gasteiger partial charge in [-0.15, -0.1) is 0 Å². The van der Waals surface area contributed by atoms with Crippen molar-refractivity contribution in [1.29, 1.82) is 0 Å². The maximum Gasteiger partial charge on any atom is 0.169 e. The van der Waals surface area contributed by atoms with Crippen LogP contribution < -0.4 is 0 Å². The van der Waals surface area contributed by atoms with Crippen LogP contribution in [-0.4, -0.2) is 0 Å². The molecule has 0 bridgehead atoms. The van der Waals surface area contributed by atoms with Crippen molar-refractivity contribution in [3.63, 3.8) is 0 Å². The molecule has 0 unspecified atom stereocenters. The quantitative estimate of drug-likeness (QED) is 0.352. The normalized spacial score (nSPS) is 15.3. The van der Waals surface area contributed by atoms with Gasteiger partial charge in [0.15, 0.2) is 4.33 Å². The van der Waals surface area contributed by atoms with Gasteiger partial charge < -0.3 is 0 Å². The predicted molar refractivity (Wildman–Crippen MR) is 111 cm³/mol. The molecule has 1 aliphatic carbocycles. The molecular formula is C23H28Cl2Zr. The molecule has 0 atom stereocenters. The first kappa shape index (κ1) is 22.2. The van der Waals surface area contributed by atoms with E-state index in [0.29, 0.717) is 0 Å². The number of rotatable bonds is 0. The van der Waals surface area contributed by atoms with Gasteiger partial charge in [-0.3, -0.25) is 0 Å². The summed E-state index contributed by atoms with van der Waals surface area (Å²) in [7, 11) is 0. The molecule has 0 spiro atoms. The molecule has 0 aliphatic heterocycles. The Morgan fingerprint density at radius 2 is 0.962 bits per heavy atom. The second-order valence-electron chi connectivity index (χ2n) is 9.50. The van der Waals surface area contributed by atoms with Crippen LogP contribution in [0.2, 0.25) is 0 Å². The van der Waals surface area contributed by atoms with E-state index in [2.05, 4.69) is 79.7 Å². The summed E-state index contributed by atoms with van der Waals surface area (Å²) in [6, 6.07) is 8.97. The zero-order chi connectivity index (χ0) is 18.9. The third-order valence-electron chi connectivity index (χ3n) is 5.31. The minimum Gasteiger partial charge on any atom is -0.0909 e. The molecule has 1 aliphatic rings. The summed E-state index contributed by atoms with van der Waals surface area (Å²) in [6.07, 6.45) is 0. The third-order valence-corrected chi connectivity index (χ3v) is 6.13. The summed E-state index contributed by atoms with van der Waals surface area (Å²) in [5.41, 5.74) is 9.75. The van der Waals surface area contributed by atoms with E-state index >= 15 is 0 Å². The van der Waals surface area contributed by atoms with Crippen LogP contribution in [0.5, 0.6) is 0 Å². The Labute approximate surface area is 187 Å². The van der Waals surface area contributed by atoms with Gasteiger partial charge in [-0.25, -0.2) is 0 Å². The fourth-order valence-corrected chi connectivity index (χ4v) is 4.77. The van der Waals surface area contributed by atoms with Crippen LogP contribution in [0.25, 0.3) is 11.1 Å². The van der Waals surface area contributed by atoms with Crippen LogP contribution in [-0.2, 0) is 41.4 Å². The summed E-state index contributed by atoms with van der Waals surface area (Å²) in [5.74, 6) is 0. The van der Waals surface area contributed by atoms with Gasteiger partial charge in [0.2, 0.25) is 0 Å². The topological polar surface area (TPSA) is 0 Å². The van der Waals surface area contributed by atoms with Gasteiger partial charge in [-0.2, -0.15) is 0 Å². The van der Waals surface area contributed by atoms with Crippen molar-refractivity contribution in [3.8, 4) is 11.1 Å². The Bertz CT molecular complexity index is 794. The largest absolute Gasteiger partial charge is 0.169 e. The van der Waals surface area contributed by atoms with Crippen LogP contribution in [0.4, 0.5) is 0 Å². The van der Waals surface area contributed by atoms with Crippen LogP contribution in [0.15, 0.2) is 24.3 Å². The molecule has 0 heterocycles. The average Bonchev–Trinajstić information content (AvgIpc) is 2.63. The Morgan fingerprint density at radius 1 is 0.654 bits per heavy atom. The Morgan fingerprint density at radius 3 is 1.23 bits per heavy atom. The SMILES string of the molecule is Cc1cc2c(cc1C(C)(C)C)-c1cc(C(C)(C)C)c(C)cc1C2(Cl)Cl.[Zr]. The molecule has 0 amide bonds. The van der Waals surface area contributed by atoms with Crippen LogP contribution in [0.3, 0.4) is 0 Å². The van der Waals surface area contributed by atoms with Crippen LogP contribution >= 0.6 is 23.2 Å². The molecule has 0 aromatic heterocycles. The summed E-state index contributed by atoms with van der Waals surface area (Å²) < 4.78 is -0.979. The minimum absolute atomic E-state index is 0. The van der Waals surface area contributed by atoms with Crippen molar-refractivity contribution >= 4 is 23.2 Å². The zero-order valence-corrected chi connectivity index (χ0v) is 21.0. The van der Waals surface area contributed by atoms with Crippen molar-refractivity contribution in [2.45, 2.75) is 70.6 Å². The van der Waals surface area contributed by atoms with Crippen molar-refractivity contribution in [2.75, 3.05) is 0 Å². The summed E-state index contributed by atoms with van der Waals surface area (Å²) in [4.78, 5) is 0. The summed E-state index contributed by atoms with van der Waals surface area (Å²) >= 11 is 13.7. The van der Waals surface area contributed by atoms with Crippen molar-refractivity contribution in [1.82, 2.24) is 0 Å². The van der Waals surface area contributed by atoms with Crippen molar-refractivity contribution in [3.05, 3.63) is 57.6 Å². The Kier molecular flexibility index (Phi) is 5.76. The predicted octanol–water partition coefficient (Wildman–Crippen LogP) is 7.56. The fraction of sp³-hybridized carbons (Fsp3) is 0.478. The second-order valence-corrected chi connectivity index (χ2v) is 10.8. The third kappa shape index (κ3) is 3.49. The molecule has 0 N–H and O–H groups in total. The van der Waals surface area contributed by atoms with E-state index in [0.717, 1.165) is 11.1 Å². The molecule has 3 rings (SSSR count).